The van der Waals surface area contributed by atoms with Crippen LogP contribution < -0.4 is 0 Å². The molecule has 2 aromatic carbocycles. The lowest BCUT2D eigenvalue weighted by Crippen LogP contribution is -2.20. The average Bonchev–Trinajstić information content (AvgIpc) is 3.46. The molecule has 2 saturated carbocycles. The van der Waals surface area contributed by atoms with Gasteiger partial charge in [0.25, 0.3) is 0 Å². The summed E-state index contributed by atoms with van der Waals surface area (Å²) < 4.78 is 0. The van der Waals surface area contributed by atoms with Gasteiger partial charge >= 0.3 is 0 Å². The van der Waals surface area contributed by atoms with Crippen molar-refractivity contribution in [2.45, 2.75) is 90.4 Å². The standard InChI is InChI=1S/C32H42/c1-3-26-12-7-8-14-31(26)23(2)18-28-13-9-15-32(28)30-21-27-17-16-25(20-29(27)22-30)19-24-10-5-4-6-11-24/h7-8,12,14,16-17,20,24,28,30,32H,2-6,9-11,13,15,18-19,21-22H2,1H3. The van der Waals surface area contributed by atoms with Crippen molar-refractivity contribution in [2.75, 3.05) is 0 Å². The van der Waals surface area contributed by atoms with E-state index < -0.39 is 0 Å². The Morgan fingerprint density at radius 1 is 0.875 bits per heavy atom. The van der Waals surface area contributed by atoms with Gasteiger partial charge in [-0.25, -0.2) is 0 Å². The van der Waals surface area contributed by atoms with E-state index in [1.165, 1.54) is 93.7 Å². The van der Waals surface area contributed by atoms with Gasteiger partial charge in [-0.15, -0.1) is 0 Å². The summed E-state index contributed by atoms with van der Waals surface area (Å²) in [6.07, 6.45) is 17.8. The maximum Gasteiger partial charge on any atom is -0.0198 e. The lowest BCUT2D eigenvalue weighted by molar-refractivity contribution is 0.272. The van der Waals surface area contributed by atoms with E-state index in [4.69, 9.17) is 0 Å². The van der Waals surface area contributed by atoms with Crippen molar-refractivity contribution in [2.24, 2.45) is 23.7 Å². The van der Waals surface area contributed by atoms with Crippen LogP contribution in [0.1, 0.15) is 92.5 Å². The highest BCUT2D eigenvalue weighted by Crippen LogP contribution is 2.46. The molecule has 0 heteroatoms. The topological polar surface area (TPSA) is 0 Å². The Kier molecular flexibility index (Phi) is 6.86. The fraction of sp³-hybridized carbons (Fsp3) is 0.562. The van der Waals surface area contributed by atoms with E-state index in [1.54, 1.807) is 16.7 Å². The van der Waals surface area contributed by atoms with Gasteiger partial charge in [0, 0.05) is 0 Å². The number of hydrogen-bond donors (Lipinski definition) is 0. The largest absolute Gasteiger partial charge is 0.0952 e. The highest BCUT2D eigenvalue weighted by molar-refractivity contribution is 5.66. The Morgan fingerprint density at radius 2 is 1.69 bits per heavy atom. The SMILES string of the molecule is C=C(CC1CCCC1C1Cc2ccc(CC3CCCCC3)cc2C1)c1ccccc1CC. The third-order valence-electron chi connectivity index (χ3n) is 9.10. The summed E-state index contributed by atoms with van der Waals surface area (Å²) in [6.45, 7) is 6.83. The summed E-state index contributed by atoms with van der Waals surface area (Å²) in [5, 5.41) is 0. The minimum Gasteiger partial charge on any atom is -0.0952 e. The molecule has 32 heavy (non-hydrogen) atoms. The summed E-state index contributed by atoms with van der Waals surface area (Å²) in [6, 6.07) is 16.5. The molecule has 3 unspecified atom stereocenters. The average molecular weight is 427 g/mol. The molecule has 0 heterocycles. The van der Waals surface area contributed by atoms with E-state index in [-0.39, 0.29) is 0 Å². The minimum absolute atomic E-state index is 0.827. The van der Waals surface area contributed by atoms with Crippen LogP contribution in [0.15, 0.2) is 49.0 Å². The van der Waals surface area contributed by atoms with Gasteiger partial charge in [-0.05, 0) is 102 Å². The molecule has 170 valence electrons. The molecule has 3 atom stereocenters. The number of hydrogen-bond acceptors (Lipinski definition) is 0. The molecule has 0 nitrogen and oxygen atoms in total. The van der Waals surface area contributed by atoms with E-state index in [1.807, 2.05) is 0 Å². The second kappa shape index (κ2) is 9.98. The molecule has 0 aliphatic heterocycles. The number of aryl methyl sites for hydroxylation is 1. The molecule has 2 aromatic rings. The smallest absolute Gasteiger partial charge is 0.0198 e. The van der Waals surface area contributed by atoms with E-state index in [2.05, 4.69) is 56.0 Å². The Bertz CT molecular complexity index is 929. The first-order chi connectivity index (χ1) is 15.7. The van der Waals surface area contributed by atoms with E-state index in [0.29, 0.717) is 0 Å². The minimum atomic E-state index is 0.827. The summed E-state index contributed by atoms with van der Waals surface area (Å²) in [4.78, 5) is 0. The van der Waals surface area contributed by atoms with Crippen LogP contribution in [0, 0.1) is 23.7 Å². The molecule has 0 aromatic heterocycles. The molecule has 0 radical (unpaired) electrons. The maximum atomic E-state index is 4.56. The highest BCUT2D eigenvalue weighted by Gasteiger charge is 2.37. The summed E-state index contributed by atoms with van der Waals surface area (Å²) in [7, 11) is 0. The first-order valence-electron chi connectivity index (χ1n) is 13.6. The van der Waals surface area contributed by atoms with Gasteiger partial charge in [-0.3, -0.25) is 0 Å². The van der Waals surface area contributed by atoms with Crippen molar-refractivity contribution in [3.05, 3.63) is 76.9 Å². The lowest BCUT2D eigenvalue weighted by atomic mass is 9.78. The van der Waals surface area contributed by atoms with Crippen molar-refractivity contribution >= 4 is 5.57 Å². The molecule has 0 saturated heterocycles. The fourth-order valence-electron chi connectivity index (χ4n) is 7.40. The third-order valence-corrected chi connectivity index (χ3v) is 9.10. The third kappa shape index (κ3) is 4.75. The van der Waals surface area contributed by atoms with Crippen LogP contribution in [-0.2, 0) is 25.7 Å². The van der Waals surface area contributed by atoms with Crippen molar-refractivity contribution in [1.82, 2.24) is 0 Å². The predicted octanol–water partition coefficient (Wildman–Crippen LogP) is 8.61. The van der Waals surface area contributed by atoms with Crippen LogP contribution in [0.3, 0.4) is 0 Å². The summed E-state index contributed by atoms with van der Waals surface area (Å²) >= 11 is 0. The number of benzene rings is 2. The second-order valence-corrected chi connectivity index (χ2v) is 11.2. The molecule has 0 bridgehead atoms. The monoisotopic (exact) mass is 426 g/mol. The zero-order valence-corrected chi connectivity index (χ0v) is 20.3. The van der Waals surface area contributed by atoms with Gasteiger partial charge in [-0.2, -0.15) is 0 Å². The predicted molar refractivity (Wildman–Crippen MR) is 138 cm³/mol. The van der Waals surface area contributed by atoms with Gasteiger partial charge in [0.05, 0.1) is 0 Å². The number of rotatable bonds is 7. The van der Waals surface area contributed by atoms with E-state index >= 15 is 0 Å². The Hall–Kier alpha value is -1.82. The Labute approximate surface area is 196 Å². The first kappa shape index (κ1) is 22.0. The molecular formula is C32H42. The molecule has 0 N–H and O–H groups in total. The summed E-state index contributed by atoms with van der Waals surface area (Å²) in [5.74, 6) is 3.51. The molecule has 0 spiro atoms. The summed E-state index contributed by atoms with van der Waals surface area (Å²) in [5.41, 5.74) is 9.22. The first-order valence-corrected chi connectivity index (χ1v) is 13.6. The lowest BCUT2D eigenvalue weighted by Gasteiger charge is -2.26. The van der Waals surface area contributed by atoms with Crippen LogP contribution >= 0.6 is 0 Å². The van der Waals surface area contributed by atoms with Crippen molar-refractivity contribution in [3.63, 3.8) is 0 Å². The van der Waals surface area contributed by atoms with Crippen LogP contribution in [0.2, 0.25) is 0 Å². The Morgan fingerprint density at radius 3 is 2.53 bits per heavy atom. The van der Waals surface area contributed by atoms with Gasteiger partial charge in [0.1, 0.15) is 0 Å². The molecule has 0 amide bonds. The van der Waals surface area contributed by atoms with Gasteiger partial charge in [0.15, 0.2) is 0 Å². The van der Waals surface area contributed by atoms with Gasteiger partial charge in [-0.1, -0.05) is 94.5 Å². The van der Waals surface area contributed by atoms with Crippen molar-refractivity contribution in [3.8, 4) is 0 Å². The molecule has 3 aliphatic carbocycles. The van der Waals surface area contributed by atoms with Crippen molar-refractivity contribution < 1.29 is 0 Å². The van der Waals surface area contributed by atoms with Crippen LogP contribution in [0.5, 0.6) is 0 Å². The normalized spacial score (nSPS) is 25.7. The maximum absolute atomic E-state index is 4.56. The van der Waals surface area contributed by atoms with Gasteiger partial charge in [0.2, 0.25) is 0 Å². The fourth-order valence-corrected chi connectivity index (χ4v) is 7.40. The Balaban J connectivity index is 1.23. The molecule has 3 aliphatic rings. The zero-order chi connectivity index (χ0) is 21.9. The highest BCUT2D eigenvalue weighted by atomic mass is 14.4. The number of allylic oxidation sites excluding steroid dienone is 1. The second-order valence-electron chi connectivity index (χ2n) is 11.2. The molecular weight excluding hydrogens is 384 g/mol. The molecule has 5 rings (SSSR count). The van der Waals surface area contributed by atoms with Crippen molar-refractivity contribution in [1.29, 1.82) is 0 Å². The number of fused-ring (bicyclic) bond motifs is 1. The van der Waals surface area contributed by atoms with Crippen LogP contribution in [0.25, 0.3) is 5.57 Å². The quantitative estimate of drug-likeness (QED) is 0.416. The molecule has 2 fully saturated rings. The van der Waals surface area contributed by atoms with Gasteiger partial charge < -0.3 is 0 Å². The van der Waals surface area contributed by atoms with Crippen LogP contribution in [-0.4, -0.2) is 0 Å². The van der Waals surface area contributed by atoms with E-state index in [0.717, 1.165) is 30.1 Å². The van der Waals surface area contributed by atoms with E-state index in [9.17, 15) is 0 Å². The van der Waals surface area contributed by atoms with Crippen LogP contribution in [0.4, 0.5) is 0 Å². The zero-order valence-electron chi connectivity index (χ0n) is 20.3.